The van der Waals surface area contributed by atoms with Gasteiger partial charge in [-0.1, -0.05) is 11.6 Å². The first-order valence-corrected chi connectivity index (χ1v) is 6.02. The molecule has 4 nitrogen and oxygen atoms in total. The van der Waals surface area contributed by atoms with Crippen molar-refractivity contribution in [1.82, 2.24) is 4.57 Å². The van der Waals surface area contributed by atoms with Gasteiger partial charge in [-0.15, -0.1) is 0 Å². The zero-order valence-corrected chi connectivity index (χ0v) is 10.9. The van der Waals surface area contributed by atoms with E-state index in [-0.39, 0.29) is 5.97 Å². The lowest BCUT2D eigenvalue weighted by molar-refractivity contribution is -0.144. The Labute approximate surface area is 106 Å². The fourth-order valence-corrected chi connectivity index (χ4v) is 2.14. The summed E-state index contributed by atoms with van der Waals surface area (Å²) in [6.07, 6.45) is 1.89. The van der Waals surface area contributed by atoms with Gasteiger partial charge in [0, 0.05) is 29.7 Å². The number of carbonyl (C=O) groups is 1. The van der Waals surface area contributed by atoms with Gasteiger partial charge < -0.3 is 15.0 Å². The van der Waals surface area contributed by atoms with E-state index >= 15 is 0 Å². The number of nitrogens with zero attached hydrogens (tertiary/aromatic N) is 1. The highest BCUT2D eigenvalue weighted by Gasteiger charge is 2.21. The molecule has 2 aromatic rings. The molecule has 4 heteroatoms. The van der Waals surface area contributed by atoms with Crippen molar-refractivity contribution in [2.45, 2.75) is 19.9 Å². The van der Waals surface area contributed by atoms with Crippen LogP contribution in [0.1, 0.15) is 24.1 Å². The first-order chi connectivity index (χ1) is 8.54. The molecule has 0 bridgehead atoms. The average Bonchev–Trinajstić information content (AvgIpc) is 2.65. The summed E-state index contributed by atoms with van der Waals surface area (Å²) in [5, 5.41) is 1.01. The maximum atomic E-state index is 11.7. The maximum absolute atomic E-state index is 11.7. The summed E-state index contributed by atoms with van der Waals surface area (Å²) in [6, 6.07) is 5.40. The molecule has 96 valence electrons. The van der Waals surface area contributed by atoms with Crippen LogP contribution >= 0.6 is 0 Å². The van der Waals surface area contributed by atoms with Crippen LogP contribution in [0, 0.1) is 6.92 Å². The lowest BCUT2D eigenvalue weighted by Gasteiger charge is -2.09. The van der Waals surface area contributed by atoms with E-state index in [9.17, 15) is 4.79 Å². The molecule has 0 radical (unpaired) electrons. The van der Waals surface area contributed by atoms with Crippen LogP contribution in [0.2, 0.25) is 0 Å². The summed E-state index contributed by atoms with van der Waals surface area (Å²) in [7, 11) is 1.94. The highest BCUT2D eigenvalue weighted by molar-refractivity contribution is 5.90. The SMILES string of the molecule is CCOC(=O)C(N)c1cn(C)c2ccc(C)cc12. The molecule has 1 atom stereocenters. The third kappa shape index (κ3) is 2.11. The molecule has 0 fully saturated rings. The Morgan fingerprint density at radius 1 is 1.50 bits per heavy atom. The summed E-state index contributed by atoms with van der Waals surface area (Å²) in [5.74, 6) is -0.383. The van der Waals surface area contributed by atoms with Gasteiger partial charge in [0.25, 0.3) is 0 Å². The molecular weight excluding hydrogens is 228 g/mol. The second-order valence-corrected chi connectivity index (χ2v) is 4.45. The van der Waals surface area contributed by atoms with E-state index in [0.717, 1.165) is 22.0 Å². The Hall–Kier alpha value is -1.81. The monoisotopic (exact) mass is 246 g/mol. The minimum absolute atomic E-state index is 0.344. The van der Waals surface area contributed by atoms with Crippen molar-refractivity contribution >= 4 is 16.9 Å². The van der Waals surface area contributed by atoms with Crippen molar-refractivity contribution in [1.29, 1.82) is 0 Å². The van der Waals surface area contributed by atoms with Gasteiger partial charge in [-0.05, 0) is 26.0 Å². The summed E-state index contributed by atoms with van der Waals surface area (Å²) in [5.41, 5.74) is 8.99. The Bertz CT molecular complexity index is 587. The number of rotatable bonds is 3. The van der Waals surface area contributed by atoms with Crippen LogP contribution in [-0.2, 0) is 16.6 Å². The second-order valence-electron chi connectivity index (χ2n) is 4.45. The molecule has 0 amide bonds. The Morgan fingerprint density at radius 3 is 2.89 bits per heavy atom. The zero-order valence-electron chi connectivity index (χ0n) is 10.9. The highest BCUT2D eigenvalue weighted by Crippen LogP contribution is 2.26. The van der Waals surface area contributed by atoms with Crippen LogP contribution in [0.25, 0.3) is 10.9 Å². The first kappa shape index (κ1) is 12.6. The first-order valence-electron chi connectivity index (χ1n) is 6.02. The summed E-state index contributed by atoms with van der Waals surface area (Å²) < 4.78 is 6.95. The third-order valence-electron chi connectivity index (χ3n) is 3.05. The summed E-state index contributed by atoms with van der Waals surface area (Å²) >= 11 is 0. The fourth-order valence-electron chi connectivity index (χ4n) is 2.14. The molecule has 0 saturated heterocycles. The largest absolute Gasteiger partial charge is 0.465 e. The molecule has 0 saturated carbocycles. The minimum Gasteiger partial charge on any atom is -0.465 e. The standard InChI is InChI=1S/C14H18N2O2/c1-4-18-14(17)13(15)11-8-16(3)12-6-5-9(2)7-10(11)12/h5-8,13H,4,15H2,1-3H3. The summed E-state index contributed by atoms with van der Waals surface area (Å²) in [4.78, 5) is 11.7. The minimum atomic E-state index is -0.726. The van der Waals surface area contributed by atoms with Crippen LogP contribution in [-0.4, -0.2) is 17.1 Å². The number of esters is 1. The molecule has 2 N–H and O–H groups in total. The second kappa shape index (κ2) is 4.82. The Morgan fingerprint density at radius 2 is 2.22 bits per heavy atom. The number of aromatic nitrogens is 1. The molecule has 0 aliphatic rings. The topological polar surface area (TPSA) is 57.2 Å². The molecule has 0 aliphatic heterocycles. The number of ether oxygens (including phenoxy) is 1. The van der Waals surface area contributed by atoms with E-state index in [1.165, 1.54) is 0 Å². The lowest BCUT2D eigenvalue weighted by Crippen LogP contribution is -2.23. The van der Waals surface area contributed by atoms with Gasteiger partial charge in [0.15, 0.2) is 0 Å². The highest BCUT2D eigenvalue weighted by atomic mass is 16.5. The van der Waals surface area contributed by atoms with E-state index in [2.05, 4.69) is 0 Å². The van der Waals surface area contributed by atoms with Gasteiger partial charge in [-0.25, -0.2) is 4.79 Å². The normalized spacial score (nSPS) is 12.7. The van der Waals surface area contributed by atoms with Crippen molar-refractivity contribution in [3.05, 3.63) is 35.5 Å². The van der Waals surface area contributed by atoms with Crippen molar-refractivity contribution in [2.24, 2.45) is 12.8 Å². The predicted molar refractivity (Wildman–Crippen MR) is 71.2 cm³/mol. The van der Waals surface area contributed by atoms with Crippen LogP contribution < -0.4 is 5.73 Å². The molecule has 1 heterocycles. The number of hydrogen-bond donors (Lipinski definition) is 1. The number of nitrogens with two attached hydrogens (primary N) is 1. The lowest BCUT2D eigenvalue weighted by atomic mass is 10.1. The fraction of sp³-hybridized carbons (Fsp3) is 0.357. The molecule has 0 aliphatic carbocycles. The quantitative estimate of drug-likeness (QED) is 0.843. The van der Waals surface area contributed by atoms with Gasteiger partial charge in [-0.3, -0.25) is 0 Å². The zero-order chi connectivity index (χ0) is 13.3. The van der Waals surface area contributed by atoms with E-state index in [0.29, 0.717) is 6.61 Å². The number of hydrogen-bond acceptors (Lipinski definition) is 3. The third-order valence-corrected chi connectivity index (χ3v) is 3.05. The molecule has 1 aromatic carbocycles. The van der Waals surface area contributed by atoms with Gasteiger partial charge in [0.05, 0.1) is 6.61 Å². The van der Waals surface area contributed by atoms with Crippen molar-refractivity contribution in [2.75, 3.05) is 6.61 Å². The molecule has 18 heavy (non-hydrogen) atoms. The van der Waals surface area contributed by atoms with E-state index < -0.39 is 6.04 Å². The predicted octanol–water partition coefficient (Wildman–Crippen LogP) is 2.05. The van der Waals surface area contributed by atoms with Crippen LogP contribution in [0.4, 0.5) is 0 Å². The number of carbonyl (C=O) groups excluding carboxylic acids is 1. The van der Waals surface area contributed by atoms with Crippen LogP contribution in [0.5, 0.6) is 0 Å². The van der Waals surface area contributed by atoms with Crippen LogP contribution in [0.3, 0.4) is 0 Å². The summed E-state index contributed by atoms with van der Waals surface area (Å²) in [6.45, 7) is 4.14. The van der Waals surface area contributed by atoms with Gasteiger partial charge >= 0.3 is 5.97 Å². The van der Waals surface area contributed by atoms with Gasteiger partial charge in [-0.2, -0.15) is 0 Å². The number of aryl methyl sites for hydroxylation is 2. The smallest absolute Gasteiger partial charge is 0.327 e. The van der Waals surface area contributed by atoms with Crippen molar-refractivity contribution in [3.8, 4) is 0 Å². The van der Waals surface area contributed by atoms with Gasteiger partial charge in [0.2, 0.25) is 0 Å². The van der Waals surface area contributed by atoms with E-state index in [1.807, 2.05) is 42.9 Å². The number of fused-ring (bicyclic) bond motifs is 1. The molecular formula is C14H18N2O2. The van der Waals surface area contributed by atoms with E-state index in [4.69, 9.17) is 10.5 Å². The molecule has 0 spiro atoms. The number of benzene rings is 1. The Balaban J connectivity index is 2.50. The maximum Gasteiger partial charge on any atom is 0.327 e. The molecule has 1 aromatic heterocycles. The molecule has 1 unspecified atom stereocenters. The van der Waals surface area contributed by atoms with Gasteiger partial charge in [0.1, 0.15) is 6.04 Å². The van der Waals surface area contributed by atoms with Crippen LogP contribution in [0.15, 0.2) is 24.4 Å². The van der Waals surface area contributed by atoms with E-state index in [1.54, 1.807) is 6.92 Å². The van der Waals surface area contributed by atoms with Crippen molar-refractivity contribution < 1.29 is 9.53 Å². The average molecular weight is 246 g/mol. The van der Waals surface area contributed by atoms with Crippen molar-refractivity contribution in [3.63, 3.8) is 0 Å². The molecule has 2 rings (SSSR count). The Kier molecular flexibility index (Phi) is 3.39.